The quantitative estimate of drug-likeness (QED) is 0.848. The normalized spacial score (nSPS) is 18.4. The highest BCUT2D eigenvalue weighted by molar-refractivity contribution is 7.99. The minimum Gasteiger partial charge on any atom is -0.309 e. The average molecular weight is 278 g/mol. The molecule has 0 saturated heterocycles. The molecule has 0 radical (unpaired) electrons. The van der Waals surface area contributed by atoms with Gasteiger partial charge in [-0.25, -0.2) is 0 Å². The maximum Gasteiger partial charge on any atom is 0.0427 e. The molecule has 3 heteroatoms. The average Bonchev–Trinajstić information content (AvgIpc) is 2.44. The van der Waals surface area contributed by atoms with Gasteiger partial charge in [0.25, 0.3) is 0 Å². The largest absolute Gasteiger partial charge is 0.309 e. The second-order valence-electron chi connectivity index (χ2n) is 5.50. The van der Waals surface area contributed by atoms with E-state index in [2.05, 4.69) is 42.0 Å². The number of hydrogen-bond donors (Lipinski definition) is 1. The Bertz CT molecular complexity index is 375. The smallest absolute Gasteiger partial charge is 0.0427 e. The zero-order valence-corrected chi connectivity index (χ0v) is 13.0. The summed E-state index contributed by atoms with van der Waals surface area (Å²) in [6, 6.07) is 2.71. The van der Waals surface area contributed by atoms with Crippen LogP contribution in [0.1, 0.15) is 56.2 Å². The van der Waals surface area contributed by atoms with Crippen molar-refractivity contribution in [1.82, 2.24) is 10.3 Å². The van der Waals surface area contributed by atoms with Crippen LogP contribution in [0, 0.1) is 6.92 Å². The van der Waals surface area contributed by atoms with E-state index in [1.165, 1.54) is 49.0 Å². The maximum absolute atomic E-state index is 4.33. The lowest BCUT2D eigenvalue weighted by molar-refractivity contribution is 0.514. The van der Waals surface area contributed by atoms with Crippen LogP contribution >= 0.6 is 11.8 Å². The van der Waals surface area contributed by atoms with E-state index in [0.717, 1.165) is 11.8 Å². The molecule has 1 aliphatic carbocycles. The van der Waals surface area contributed by atoms with Crippen molar-refractivity contribution in [2.24, 2.45) is 0 Å². The molecule has 2 nitrogen and oxygen atoms in total. The Morgan fingerprint density at radius 1 is 1.32 bits per heavy atom. The van der Waals surface area contributed by atoms with Gasteiger partial charge in [-0.05, 0) is 37.4 Å². The number of pyridine rings is 1. The van der Waals surface area contributed by atoms with Gasteiger partial charge in [-0.15, -0.1) is 0 Å². The summed E-state index contributed by atoms with van der Waals surface area (Å²) in [6.45, 7) is 5.32. The molecule has 1 fully saturated rings. The molecule has 1 aromatic rings. The fourth-order valence-electron chi connectivity index (χ4n) is 2.75. The van der Waals surface area contributed by atoms with E-state index >= 15 is 0 Å². The molecule has 106 valence electrons. The Hall–Kier alpha value is -0.540. The molecule has 1 aromatic heterocycles. The van der Waals surface area contributed by atoms with Gasteiger partial charge in [0.15, 0.2) is 0 Å². The first-order chi connectivity index (χ1) is 9.29. The molecule has 1 N–H and O–H groups in total. The molecular weight excluding hydrogens is 252 g/mol. The molecule has 0 aliphatic heterocycles. The zero-order chi connectivity index (χ0) is 13.5. The van der Waals surface area contributed by atoms with E-state index in [4.69, 9.17) is 0 Å². The number of rotatable bonds is 6. The summed E-state index contributed by atoms with van der Waals surface area (Å²) >= 11 is 2.16. The van der Waals surface area contributed by atoms with Gasteiger partial charge in [-0.3, -0.25) is 4.98 Å². The second kappa shape index (κ2) is 7.91. The summed E-state index contributed by atoms with van der Waals surface area (Å²) in [5, 5.41) is 4.49. The standard InChI is InChI=1S/C16H26N2S/c1-3-18-16(14-9-13(2)10-17-11-14)12-19-15-7-5-4-6-8-15/h9-11,15-16,18H,3-8,12H2,1-2H3. The SMILES string of the molecule is CCNC(CSC1CCCCC1)c1cncc(C)c1. The Morgan fingerprint density at radius 2 is 2.11 bits per heavy atom. The third-order valence-corrected chi connectivity index (χ3v) is 5.27. The Kier molecular flexibility index (Phi) is 6.18. The highest BCUT2D eigenvalue weighted by atomic mass is 32.2. The van der Waals surface area contributed by atoms with Gasteiger partial charge in [-0.2, -0.15) is 11.8 Å². The van der Waals surface area contributed by atoms with E-state index in [9.17, 15) is 0 Å². The topological polar surface area (TPSA) is 24.9 Å². The lowest BCUT2D eigenvalue weighted by Crippen LogP contribution is -2.24. The van der Waals surface area contributed by atoms with Crippen LogP contribution in [0.3, 0.4) is 0 Å². The summed E-state index contributed by atoms with van der Waals surface area (Å²) in [5.74, 6) is 1.17. The Balaban J connectivity index is 1.91. The molecule has 1 aliphatic rings. The van der Waals surface area contributed by atoms with Crippen molar-refractivity contribution < 1.29 is 0 Å². The van der Waals surface area contributed by atoms with E-state index < -0.39 is 0 Å². The number of thioether (sulfide) groups is 1. The van der Waals surface area contributed by atoms with Crippen LogP contribution in [-0.2, 0) is 0 Å². The molecular formula is C16H26N2S. The number of aromatic nitrogens is 1. The number of hydrogen-bond acceptors (Lipinski definition) is 3. The third kappa shape index (κ3) is 4.81. The van der Waals surface area contributed by atoms with Crippen molar-refractivity contribution in [2.45, 2.75) is 57.2 Å². The van der Waals surface area contributed by atoms with Gasteiger partial charge >= 0.3 is 0 Å². The van der Waals surface area contributed by atoms with Gasteiger partial charge in [-0.1, -0.05) is 32.3 Å². The lowest BCUT2D eigenvalue weighted by atomic mass is 10.0. The highest BCUT2D eigenvalue weighted by Gasteiger charge is 2.17. The van der Waals surface area contributed by atoms with E-state index in [0.29, 0.717) is 6.04 Å². The minimum absolute atomic E-state index is 0.448. The Morgan fingerprint density at radius 3 is 2.79 bits per heavy atom. The van der Waals surface area contributed by atoms with Gasteiger partial charge < -0.3 is 5.32 Å². The lowest BCUT2D eigenvalue weighted by Gasteiger charge is -2.24. The number of aryl methyl sites for hydroxylation is 1. The van der Waals surface area contributed by atoms with Crippen molar-refractivity contribution in [1.29, 1.82) is 0 Å². The van der Waals surface area contributed by atoms with Crippen LogP contribution in [0.2, 0.25) is 0 Å². The van der Waals surface area contributed by atoms with Gasteiger partial charge in [0, 0.05) is 29.4 Å². The van der Waals surface area contributed by atoms with Gasteiger partial charge in [0.2, 0.25) is 0 Å². The molecule has 1 heterocycles. The van der Waals surface area contributed by atoms with Crippen molar-refractivity contribution in [3.05, 3.63) is 29.6 Å². The summed E-state index contributed by atoms with van der Waals surface area (Å²) in [7, 11) is 0. The Labute approximate surface area is 121 Å². The first-order valence-corrected chi connectivity index (χ1v) is 8.61. The summed E-state index contributed by atoms with van der Waals surface area (Å²) in [4.78, 5) is 4.33. The second-order valence-corrected chi connectivity index (χ2v) is 6.83. The van der Waals surface area contributed by atoms with Crippen LogP contribution in [0.5, 0.6) is 0 Å². The van der Waals surface area contributed by atoms with E-state index in [1.54, 1.807) is 0 Å². The first-order valence-electron chi connectivity index (χ1n) is 7.56. The molecule has 1 saturated carbocycles. The van der Waals surface area contributed by atoms with E-state index in [-0.39, 0.29) is 0 Å². The molecule has 2 rings (SSSR count). The fraction of sp³-hybridized carbons (Fsp3) is 0.688. The monoisotopic (exact) mass is 278 g/mol. The molecule has 0 bridgehead atoms. The van der Waals surface area contributed by atoms with Crippen LogP contribution in [0.15, 0.2) is 18.5 Å². The minimum atomic E-state index is 0.448. The van der Waals surface area contributed by atoms with Gasteiger partial charge in [0.1, 0.15) is 0 Å². The van der Waals surface area contributed by atoms with Gasteiger partial charge in [0.05, 0.1) is 0 Å². The van der Waals surface area contributed by atoms with E-state index in [1.807, 2.05) is 12.4 Å². The van der Waals surface area contributed by atoms with Crippen LogP contribution in [0.4, 0.5) is 0 Å². The molecule has 0 amide bonds. The number of nitrogens with one attached hydrogen (secondary N) is 1. The summed E-state index contributed by atoms with van der Waals surface area (Å²) in [6.07, 6.45) is 11.1. The highest BCUT2D eigenvalue weighted by Crippen LogP contribution is 2.31. The maximum atomic E-state index is 4.33. The van der Waals surface area contributed by atoms with Crippen molar-refractivity contribution in [2.75, 3.05) is 12.3 Å². The molecule has 19 heavy (non-hydrogen) atoms. The molecule has 0 spiro atoms. The van der Waals surface area contributed by atoms with Crippen LogP contribution < -0.4 is 5.32 Å². The third-order valence-electron chi connectivity index (χ3n) is 3.80. The van der Waals surface area contributed by atoms with Crippen LogP contribution in [0.25, 0.3) is 0 Å². The number of nitrogens with zero attached hydrogens (tertiary/aromatic N) is 1. The molecule has 1 atom stereocenters. The molecule has 1 unspecified atom stereocenters. The van der Waals surface area contributed by atoms with Crippen molar-refractivity contribution >= 4 is 11.8 Å². The summed E-state index contributed by atoms with van der Waals surface area (Å²) < 4.78 is 0. The van der Waals surface area contributed by atoms with Crippen molar-refractivity contribution in [3.8, 4) is 0 Å². The zero-order valence-electron chi connectivity index (χ0n) is 12.2. The van der Waals surface area contributed by atoms with Crippen LogP contribution in [-0.4, -0.2) is 22.5 Å². The van der Waals surface area contributed by atoms with Crippen molar-refractivity contribution in [3.63, 3.8) is 0 Å². The fourth-order valence-corrected chi connectivity index (χ4v) is 4.19. The molecule has 0 aromatic carbocycles. The summed E-state index contributed by atoms with van der Waals surface area (Å²) in [5.41, 5.74) is 2.59. The predicted octanol–water partition coefficient (Wildman–Crippen LogP) is 4.11. The predicted molar refractivity (Wildman–Crippen MR) is 84.7 cm³/mol. The first kappa shape index (κ1) is 14.9.